The molecule has 7 heteroatoms. The number of aliphatic carboxylic acids is 1. The Balaban J connectivity index is 1.61. The van der Waals surface area contributed by atoms with Gasteiger partial charge in [0.15, 0.2) is 11.6 Å². The van der Waals surface area contributed by atoms with Gasteiger partial charge in [0.25, 0.3) is 0 Å². The van der Waals surface area contributed by atoms with Crippen LogP contribution in [0.2, 0.25) is 0 Å². The number of para-hydroxylation sites is 1. The van der Waals surface area contributed by atoms with E-state index in [4.69, 9.17) is 9.84 Å². The molecule has 0 atom stereocenters. The first-order chi connectivity index (χ1) is 11.1. The number of hydrogen-bond donors (Lipinski definition) is 3. The van der Waals surface area contributed by atoms with Gasteiger partial charge in [-0.05, 0) is 37.8 Å². The Morgan fingerprint density at radius 1 is 1.22 bits per heavy atom. The highest BCUT2D eigenvalue weighted by atomic mass is 19.1. The Bertz CT molecular complexity index is 545. The summed E-state index contributed by atoms with van der Waals surface area (Å²) in [6.07, 6.45) is 2.49. The molecule has 2 amide bonds. The van der Waals surface area contributed by atoms with Crippen LogP contribution in [0, 0.1) is 11.7 Å². The predicted molar refractivity (Wildman–Crippen MR) is 81.8 cm³/mol. The van der Waals surface area contributed by atoms with Crippen LogP contribution in [0.15, 0.2) is 24.3 Å². The van der Waals surface area contributed by atoms with Crippen LogP contribution in [0.5, 0.6) is 5.75 Å². The third kappa shape index (κ3) is 5.43. The first-order valence-electron chi connectivity index (χ1n) is 7.70. The molecule has 0 aliphatic heterocycles. The maximum Gasteiger partial charge on any atom is 0.315 e. The van der Waals surface area contributed by atoms with Gasteiger partial charge in [0.05, 0.1) is 12.5 Å². The van der Waals surface area contributed by atoms with Crippen LogP contribution in [0.3, 0.4) is 0 Å². The summed E-state index contributed by atoms with van der Waals surface area (Å²) in [4.78, 5) is 22.6. The SMILES string of the molecule is O=C(NCCOc1ccccc1F)NC1CCC(C(=O)O)CC1. The zero-order valence-electron chi connectivity index (χ0n) is 12.8. The van der Waals surface area contributed by atoms with Gasteiger partial charge in [-0.1, -0.05) is 12.1 Å². The zero-order valence-corrected chi connectivity index (χ0v) is 12.8. The molecule has 0 aromatic heterocycles. The topological polar surface area (TPSA) is 87.7 Å². The van der Waals surface area contributed by atoms with Crippen LogP contribution < -0.4 is 15.4 Å². The van der Waals surface area contributed by atoms with E-state index >= 15 is 0 Å². The Labute approximate surface area is 134 Å². The number of ether oxygens (including phenoxy) is 1. The lowest BCUT2D eigenvalue weighted by atomic mass is 9.86. The van der Waals surface area contributed by atoms with Crippen LogP contribution >= 0.6 is 0 Å². The molecule has 0 radical (unpaired) electrons. The fraction of sp³-hybridized carbons (Fsp3) is 0.500. The Morgan fingerprint density at radius 2 is 1.91 bits per heavy atom. The van der Waals surface area contributed by atoms with Crippen molar-refractivity contribution >= 4 is 12.0 Å². The molecule has 2 rings (SSSR count). The molecule has 126 valence electrons. The van der Waals surface area contributed by atoms with Gasteiger partial charge >= 0.3 is 12.0 Å². The van der Waals surface area contributed by atoms with Gasteiger partial charge in [-0.15, -0.1) is 0 Å². The number of carbonyl (C=O) groups excluding carboxylic acids is 1. The van der Waals surface area contributed by atoms with E-state index in [1.165, 1.54) is 12.1 Å². The molecule has 1 fully saturated rings. The minimum Gasteiger partial charge on any atom is -0.489 e. The van der Waals surface area contributed by atoms with Gasteiger partial charge in [-0.3, -0.25) is 4.79 Å². The maximum absolute atomic E-state index is 13.3. The molecular weight excluding hydrogens is 303 g/mol. The van der Waals surface area contributed by atoms with Crippen LogP contribution in [-0.2, 0) is 4.79 Å². The molecule has 0 bridgehead atoms. The van der Waals surface area contributed by atoms with Crippen LogP contribution in [-0.4, -0.2) is 36.3 Å². The summed E-state index contributed by atoms with van der Waals surface area (Å²) in [5, 5.41) is 14.4. The molecule has 3 N–H and O–H groups in total. The Hall–Kier alpha value is -2.31. The van der Waals surface area contributed by atoms with E-state index in [2.05, 4.69) is 10.6 Å². The smallest absolute Gasteiger partial charge is 0.315 e. The van der Waals surface area contributed by atoms with Gasteiger partial charge < -0.3 is 20.5 Å². The van der Waals surface area contributed by atoms with E-state index in [-0.39, 0.29) is 36.9 Å². The second-order valence-electron chi connectivity index (χ2n) is 5.57. The first-order valence-corrected chi connectivity index (χ1v) is 7.70. The van der Waals surface area contributed by atoms with Gasteiger partial charge in [0.1, 0.15) is 6.61 Å². The maximum atomic E-state index is 13.3. The summed E-state index contributed by atoms with van der Waals surface area (Å²) in [6, 6.07) is 5.76. The minimum absolute atomic E-state index is 0.00177. The van der Waals surface area contributed by atoms with Crippen molar-refractivity contribution in [3.8, 4) is 5.75 Å². The molecule has 23 heavy (non-hydrogen) atoms. The number of nitrogens with one attached hydrogen (secondary N) is 2. The van der Waals surface area contributed by atoms with Crippen molar-refractivity contribution in [2.75, 3.05) is 13.2 Å². The average molecular weight is 324 g/mol. The molecule has 1 aromatic carbocycles. The number of benzene rings is 1. The van der Waals surface area contributed by atoms with Crippen molar-refractivity contribution < 1.29 is 23.8 Å². The second-order valence-corrected chi connectivity index (χ2v) is 5.57. The molecule has 1 aliphatic carbocycles. The monoisotopic (exact) mass is 324 g/mol. The number of amides is 2. The van der Waals surface area contributed by atoms with Crippen LogP contribution in [0.4, 0.5) is 9.18 Å². The zero-order chi connectivity index (χ0) is 16.7. The van der Waals surface area contributed by atoms with Crippen molar-refractivity contribution in [1.29, 1.82) is 0 Å². The Kier molecular flexibility index (Phi) is 6.19. The standard InChI is InChI=1S/C16H21FN2O4/c17-13-3-1-2-4-14(13)23-10-9-18-16(22)19-12-7-5-11(6-8-12)15(20)21/h1-4,11-12H,5-10H2,(H,20,21)(H2,18,19,22). The molecule has 0 unspecified atom stereocenters. The minimum atomic E-state index is -0.766. The quantitative estimate of drug-likeness (QED) is 0.700. The molecule has 6 nitrogen and oxygen atoms in total. The van der Waals surface area contributed by atoms with Gasteiger partial charge in [-0.2, -0.15) is 0 Å². The van der Waals surface area contributed by atoms with E-state index < -0.39 is 11.8 Å². The fourth-order valence-electron chi connectivity index (χ4n) is 2.61. The lowest BCUT2D eigenvalue weighted by Crippen LogP contribution is -2.45. The lowest BCUT2D eigenvalue weighted by Gasteiger charge is -2.26. The fourth-order valence-corrected chi connectivity index (χ4v) is 2.61. The van der Waals surface area contributed by atoms with Crippen molar-refractivity contribution in [3.05, 3.63) is 30.1 Å². The van der Waals surface area contributed by atoms with Gasteiger partial charge in [0.2, 0.25) is 0 Å². The second kappa shape index (κ2) is 8.36. The number of urea groups is 1. The van der Waals surface area contributed by atoms with E-state index in [1.54, 1.807) is 12.1 Å². The van der Waals surface area contributed by atoms with Gasteiger partial charge in [0, 0.05) is 6.04 Å². The predicted octanol–water partition coefficient (Wildman–Crippen LogP) is 2.15. The Morgan fingerprint density at radius 3 is 2.57 bits per heavy atom. The number of carboxylic acids is 1. The number of carboxylic acid groups (broad SMARTS) is 1. The van der Waals surface area contributed by atoms with Crippen LogP contribution in [0.25, 0.3) is 0 Å². The third-order valence-electron chi connectivity index (χ3n) is 3.89. The summed E-state index contributed by atoms with van der Waals surface area (Å²) < 4.78 is 18.5. The molecule has 1 aromatic rings. The molecular formula is C16H21FN2O4. The largest absolute Gasteiger partial charge is 0.489 e. The van der Waals surface area contributed by atoms with E-state index in [0.717, 1.165) is 0 Å². The summed E-state index contributed by atoms with van der Waals surface area (Å²) in [6.45, 7) is 0.421. The summed E-state index contributed by atoms with van der Waals surface area (Å²) in [7, 11) is 0. The summed E-state index contributed by atoms with van der Waals surface area (Å²) in [5.74, 6) is -1.35. The van der Waals surface area contributed by atoms with E-state index in [1.807, 2.05) is 0 Å². The lowest BCUT2D eigenvalue weighted by molar-refractivity contribution is -0.142. The number of halogens is 1. The van der Waals surface area contributed by atoms with Crippen molar-refractivity contribution in [1.82, 2.24) is 10.6 Å². The third-order valence-corrected chi connectivity index (χ3v) is 3.89. The molecule has 1 saturated carbocycles. The van der Waals surface area contributed by atoms with Crippen molar-refractivity contribution in [3.63, 3.8) is 0 Å². The highest BCUT2D eigenvalue weighted by Crippen LogP contribution is 2.24. The number of rotatable bonds is 6. The van der Waals surface area contributed by atoms with Gasteiger partial charge in [-0.25, -0.2) is 9.18 Å². The number of carbonyl (C=O) groups is 2. The van der Waals surface area contributed by atoms with E-state index in [9.17, 15) is 14.0 Å². The normalized spacial score (nSPS) is 20.6. The molecule has 0 spiro atoms. The summed E-state index contributed by atoms with van der Waals surface area (Å²) >= 11 is 0. The van der Waals surface area contributed by atoms with Crippen LogP contribution in [0.1, 0.15) is 25.7 Å². The highest BCUT2D eigenvalue weighted by molar-refractivity contribution is 5.74. The molecule has 1 aliphatic rings. The first kappa shape index (κ1) is 17.1. The van der Waals surface area contributed by atoms with Crippen molar-refractivity contribution in [2.45, 2.75) is 31.7 Å². The molecule has 0 saturated heterocycles. The van der Waals surface area contributed by atoms with E-state index in [0.29, 0.717) is 25.7 Å². The highest BCUT2D eigenvalue weighted by Gasteiger charge is 2.26. The van der Waals surface area contributed by atoms with Crippen molar-refractivity contribution in [2.24, 2.45) is 5.92 Å². The summed E-state index contributed by atoms with van der Waals surface area (Å²) in [5.41, 5.74) is 0. The molecule has 0 heterocycles. The number of hydrogen-bond acceptors (Lipinski definition) is 3. The average Bonchev–Trinajstić information content (AvgIpc) is 2.53.